The van der Waals surface area contributed by atoms with Gasteiger partial charge in [-0.1, -0.05) is 42.5 Å². The molecule has 2 aromatic rings. The normalized spacial score (nSPS) is 12.1. The van der Waals surface area contributed by atoms with Crippen molar-refractivity contribution < 1.29 is 15.3 Å². The number of allylic oxidation sites excluding steroid dienone is 4. The van der Waals surface area contributed by atoms with Crippen molar-refractivity contribution in [1.29, 1.82) is 0 Å². The summed E-state index contributed by atoms with van der Waals surface area (Å²) in [6, 6.07) is 7.50. The zero-order valence-electron chi connectivity index (χ0n) is 13.9. The third kappa shape index (κ3) is 2.95. The van der Waals surface area contributed by atoms with E-state index in [0.29, 0.717) is 16.7 Å². The summed E-state index contributed by atoms with van der Waals surface area (Å²) < 4.78 is 0. The summed E-state index contributed by atoms with van der Waals surface area (Å²) in [5, 5.41) is 30.6. The van der Waals surface area contributed by atoms with Gasteiger partial charge >= 0.3 is 0 Å². The summed E-state index contributed by atoms with van der Waals surface area (Å²) in [4.78, 5) is 0. The smallest absolute Gasteiger partial charge is 0.169 e. The van der Waals surface area contributed by atoms with Crippen LogP contribution in [0.25, 0.3) is 16.7 Å². The molecule has 2 aromatic carbocycles. The van der Waals surface area contributed by atoms with E-state index in [1.807, 2.05) is 56.3 Å². The average Bonchev–Trinajstić information content (AvgIpc) is 2.57. The molecule has 0 spiro atoms. The summed E-state index contributed by atoms with van der Waals surface area (Å²) in [6.45, 7) is 7.31. The molecular weight excluding hydrogens is 288 g/mol. The molecule has 0 bridgehead atoms. The Bertz CT molecular complexity index is 753. The minimum atomic E-state index is -0.293. The molecule has 3 N–H and O–H groups in total. The van der Waals surface area contributed by atoms with Crippen molar-refractivity contribution in [2.75, 3.05) is 0 Å². The fourth-order valence-corrected chi connectivity index (χ4v) is 2.59. The van der Waals surface area contributed by atoms with Crippen molar-refractivity contribution in [2.45, 2.75) is 27.7 Å². The lowest BCUT2D eigenvalue weighted by Crippen LogP contribution is -1.90. The van der Waals surface area contributed by atoms with Crippen LogP contribution in [0.4, 0.5) is 0 Å². The maximum Gasteiger partial charge on any atom is 0.169 e. The molecule has 3 nitrogen and oxygen atoms in total. The van der Waals surface area contributed by atoms with E-state index in [0.717, 1.165) is 11.1 Å². The molecule has 0 aliphatic carbocycles. The molecule has 2 rings (SSSR count). The van der Waals surface area contributed by atoms with E-state index in [1.165, 1.54) is 0 Å². The van der Waals surface area contributed by atoms with E-state index in [9.17, 15) is 15.3 Å². The van der Waals surface area contributed by atoms with E-state index >= 15 is 0 Å². The Morgan fingerprint density at radius 1 is 0.826 bits per heavy atom. The lowest BCUT2D eigenvalue weighted by Gasteiger charge is -2.15. The van der Waals surface area contributed by atoms with Crippen LogP contribution in [0.1, 0.15) is 30.5 Å². The van der Waals surface area contributed by atoms with Gasteiger partial charge in [-0.15, -0.1) is 0 Å². The first-order valence-electron chi connectivity index (χ1n) is 7.56. The van der Waals surface area contributed by atoms with E-state index in [2.05, 4.69) is 0 Å². The van der Waals surface area contributed by atoms with Crippen LogP contribution in [0.15, 0.2) is 42.5 Å². The van der Waals surface area contributed by atoms with Crippen molar-refractivity contribution in [3.8, 4) is 28.4 Å². The third-order valence-electron chi connectivity index (χ3n) is 4.13. The predicted molar refractivity (Wildman–Crippen MR) is 94.8 cm³/mol. The molecule has 0 fully saturated rings. The fourth-order valence-electron chi connectivity index (χ4n) is 2.59. The number of benzene rings is 2. The quantitative estimate of drug-likeness (QED) is 0.421. The van der Waals surface area contributed by atoms with Crippen molar-refractivity contribution >= 4 is 5.57 Å². The van der Waals surface area contributed by atoms with Crippen LogP contribution in [0.3, 0.4) is 0 Å². The molecule has 0 aromatic heterocycles. The Morgan fingerprint density at radius 3 is 1.91 bits per heavy atom. The topological polar surface area (TPSA) is 60.7 Å². The highest BCUT2D eigenvalue weighted by Gasteiger charge is 2.20. The van der Waals surface area contributed by atoms with E-state index in [1.54, 1.807) is 13.8 Å². The molecule has 0 heterocycles. The Kier molecular flexibility index (Phi) is 4.80. The highest BCUT2D eigenvalue weighted by molar-refractivity contribution is 5.83. The predicted octanol–water partition coefficient (Wildman–Crippen LogP) is 5.07. The van der Waals surface area contributed by atoms with Crippen molar-refractivity contribution in [2.24, 2.45) is 0 Å². The molecule has 0 unspecified atom stereocenters. The van der Waals surface area contributed by atoms with Gasteiger partial charge in [-0.05, 0) is 50.0 Å². The summed E-state index contributed by atoms with van der Waals surface area (Å²) in [5.74, 6) is -0.495. The molecule has 0 amide bonds. The van der Waals surface area contributed by atoms with Crippen molar-refractivity contribution in [1.82, 2.24) is 0 Å². The Labute approximate surface area is 136 Å². The van der Waals surface area contributed by atoms with Gasteiger partial charge in [0.25, 0.3) is 0 Å². The second-order valence-electron chi connectivity index (χ2n) is 5.49. The molecule has 0 aliphatic heterocycles. The minimum Gasteiger partial charge on any atom is -0.507 e. The molecule has 0 saturated carbocycles. The highest BCUT2D eigenvalue weighted by atomic mass is 16.3. The molecule has 0 saturated heterocycles. The second-order valence-corrected chi connectivity index (χ2v) is 5.49. The van der Waals surface area contributed by atoms with Gasteiger partial charge in [0, 0.05) is 5.56 Å². The molecule has 0 radical (unpaired) electrons. The van der Waals surface area contributed by atoms with Crippen LogP contribution >= 0.6 is 0 Å². The summed E-state index contributed by atoms with van der Waals surface area (Å²) in [7, 11) is 0. The number of phenols is 3. The monoisotopic (exact) mass is 310 g/mol. The fraction of sp³-hybridized carbons (Fsp3) is 0.200. The largest absolute Gasteiger partial charge is 0.507 e. The molecule has 0 atom stereocenters. The second kappa shape index (κ2) is 6.61. The number of hydrogen-bond acceptors (Lipinski definition) is 3. The van der Waals surface area contributed by atoms with Gasteiger partial charge in [0.15, 0.2) is 11.5 Å². The molecule has 0 aliphatic rings. The first-order valence-corrected chi connectivity index (χ1v) is 7.56. The van der Waals surface area contributed by atoms with Crippen LogP contribution < -0.4 is 0 Å². The highest BCUT2D eigenvalue weighted by Crippen LogP contribution is 2.47. The van der Waals surface area contributed by atoms with Gasteiger partial charge in [0.1, 0.15) is 5.75 Å². The van der Waals surface area contributed by atoms with E-state index < -0.39 is 0 Å². The molecular formula is C20H22O3. The molecule has 3 heteroatoms. The third-order valence-corrected chi connectivity index (χ3v) is 4.13. The standard InChI is InChI=1S/C20H22O3/c1-5-7-14(6-2)15-8-10-16(11-9-15)17-18(21)12(3)13(4)19(22)20(17)23/h5-11,21-23H,1-4H3/b7-5-,14-6+. The average molecular weight is 310 g/mol. The van der Waals surface area contributed by atoms with Gasteiger partial charge in [-0.3, -0.25) is 0 Å². The van der Waals surface area contributed by atoms with Crippen LogP contribution in [0.2, 0.25) is 0 Å². The van der Waals surface area contributed by atoms with Gasteiger partial charge in [0.05, 0.1) is 5.56 Å². The maximum atomic E-state index is 10.4. The zero-order chi connectivity index (χ0) is 17.1. The number of phenolic OH excluding ortho intramolecular Hbond substituents is 3. The first kappa shape index (κ1) is 16.7. The lowest BCUT2D eigenvalue weighted by molar-refractivity contribution is 0.394. The van der Waals surface area contributed by atoms with Crippen molar-refractivity contribution in [3.05, 3.63) is 59.2 Å². The first-order chi connectivity index (χ1) is 10.9. The van der Waals surface area contributed by atoms with E-state index in [4.69, 9.17) is 0 Å². The Balaban J connectivity index is 2.57. The Hall–Kier alpha value is -2.68. The molecule has 23 heavy (non-hydrogen) atoms. The molecule has 120 valence electrons. The number of rotatable bonds is 3. The van der Waals surface area contributed by atoms with Crippen LogP contribution in [0, 0.1) is 13.8 Å². The van der Waals surface area contributed by atoms with Gasteiger partial charge in [-0.25, -0.2) is 0 Å². The van der Waals surface area contributed by atoms with Gasteiger partial charge < -0.3 is 15.3 Å². The lowest BCUT2D eigenvalue weighted by atomic mass is 9.94. The number of aromatic hydroxyl groups is 3. The van der Waals surface area contributed by atoms with Crippen LogP contribution in [-0.2, 0) is 0 Å². The zero-order valence-corrected chi connectivity index (χ0v) is 13.9. The minimum absolute atomic E-state index is 0.00902. The SMILES string of the molecule is C/C=C\C(=C/C)c1ccc(-c2c(O)c(C)c(C)c(O)c2O)cc1. The van der Waals surface area contributed by atoms with Crippen molar-refractivity contribution in [3.63, 3.8) is 0 Å². The van der Waals surface area contributed by atoms with Crippen LogP contribution in [0.5, 0.6) is 17.2 Å². The Morgan fingerprint density at radius 2 is 1.39 bits per heavy atom. The van der Waals surface area contributed by atoms with E-state index in [-0.39, 0.29) is 22.8 Å². The maximum absolute atomic E-state index is 10.4. The van der Waals surface area contributed by atoms with Crippen LogP contribution in [-0.4, -0.2) is 15.3 Å². The number of hydrogen-bond donors (Lipinski definition) is 3. The van der Waals surface area contributed by atoms with Gasteiger partial charge in [0.2, 0.25) is 0 Å². The summed E-state index contributed by atoms with van der Waals surface area (Å²) in [6.07, 6.45) is 6.01. The summed E-state index contributed by atoms with van der Waals surface area (Å²) in [5.41, 5.74) is 4.08. The van der Waals surface area contributed by atoms with Gasteiger partial charge in [-0.2, -0.15) is 0 Å². The summed E-state index contributed by atoms with van der Waals surface area (Å²) >= 11 is 0.